The maximum atomic E-state index is 13.6. The molecule has 0 fully saturated rings. The van der Waals surface area contributed by atoms with E-state index in [1.165, 1.54) is 23.8 Å². The summed E-state index contributed by atoms with van der Waals surface area (Å²) in [6.45, 7) is 5.71. The molecule has 0 radical (unpaired) electrons. The molecule has 14 nitrogen and oxygen atoms in total. The van der Waals surface area contributed by atoms with Crippen molar-refractivity contribution in [2.24, 2.45) is 5.41 Å². The lowest BCUT2D eigenvalue weighted by atomic mass is 9.81. The van der Waals surface area contributed by atoms with Crippen molar-refractivity contribution < 1.29 is 72.5 Å². The fraction of sp³-hybridized carbons (Fsp3) is 0.260. The molecule has 0 aliphatic carbocycles. The van der Waals surface area contributed by atoms with Crippen molar-refractivity contribution in [1.29, 1.82) is 0 Å². The number of non-ortho nitro benzene ring substituents is 1. The Kier molecular flexibility index (Phi) is 34.0. The molecule has 0 unspecified atom stereocenters. The zero-order valence-corrected chi connectivity index (χ0v) is 37.8. The molecule has 2 aromatic rings. The molecule has 0 aromatic heterocycles. The first-order chi connectivity index (χ1) is 32.0. The van der Waals surface area contributed by atoms with E-state index in [1.54, 1.807) is 38.3 Å². The molecule has 0 bridgehead atoms. The van der Waals surface area contributed by atoms with E-state index in [0.717, 1.165) is 37.5 Å². The summed E-state index contributed by atoms with van der Waals surface area (Å²) >= 11 is 3.08. The van der Waals surface area contributed by atoms with Crippen molar-refractivity contribution in [3.63, 3.8) is 0 Å². The Labute approximate surface area is 413 Å². The molecule has 2 N–H and O–H groups in total. The first kappa shape index (κ1) is 58.1. The van der Waals surface area contributed by atoms with E-state index in [2.05, 4.69) is 173 Å². The van der Waals surface area contributed by atoms with Gasteiger partial charge in [0, 0.05) is 86.0 Å². The SMILES string of the molecule is C#CC#CC#CC#CC#CC#CC#CC#CC#CC#CC#CC#CC.CCCCC(C=O)(CCCC)CS(=O)(=O)c1ccc([N+](=O)[O-])cc1Cc1ccc(OC)cc1.OOONOOOS.[HH].[HH].[HH].[HH].[HH].[HH].[HH].[HH].[HH].[HH].[HH].[HH].[HH].[HH]. The third-order valence-corrected chi connectivity index (χ3v) is 9.63. The molecular weight excluding hydrogens is 885 g/mol. The first-order valence-corrected chi connectivity index (χ1v) is 20.9. The van der Waals surface area contributed by atoms with Gasteiger partial charge < -0.3 is 9.53 Å². The van der Waals surface area contributed by atoms with Crippen LogP contribution in [-0.4, -0.2) is 37.7 Å². The third-order valence-electron chi connectivity index (χ3n) is 7.54. The number of nitrogens with zero attached hydrogens (tertiary/aromatic N) is 1. The van der Waals surface area contributed by atoms with Gasteiger partial charge in [-0.05, 0) is 166 Å². The average molecular weight is 953 g/mol. The van der Waals surface area contributed by atoms with Crippen LogP contribution in [0.5, 0.6) is 5.75 Å². The van der Waals surface area contributed by atoms with Crippen molar-refractivity contribution in [3.8, 4) is 148 Å². The summed E-state index contributed by atoms with van der Waals surface area (Å²) in [6, 6.07) is 10.9. The minimum atomic E-state index is -3.88. The Morgan fingerprint density at radius 3 is 1.64 bits per heavy atom. The van der Waals surface area contributed by atoms with Gasteiger partial charge in [-0.2, -0.15) is 0 Å². The van der Waals surface area contributed by atoms with Gasteiger partial charge in [0.15, 0.2) is 9.84 Å². The van der Waals surface area contributed by atoms with Crippen LogP contribution in [0.2, 0.25) is 0 Å². The average Bonchev–Trinajstić information content (AvgIpc) is 3.32. The third kappa shape index (κ3) is 28.6. The highest BCUT2D eigenvalue weighted by Crippen LogP contribution is 2.35. The zero-order chi connectivity index (χ0) is 49.0. The fourth-order valence-corrected chi connectivity index (χ4v) is 6.88. The number of nitro groups is 1. The minimum Gasteiger partial charge on any atom is -0.497 e. The van der Waals surface area contributed by atoms with Crippen LogP contribution in [0.3, 0.4) is 0 Å². The van der Waals surface area contributed by atoms with Gasteiger partial charge in [0.25, 0.3) is 5.69 Å². The van der Waals surface area contributed by atoms with Crippen LogP contribution in [0.25, 0.3) is 0 Å². The first-order valence-electron chi connectivity index (χ1n) is 18.9. The maximum absolute atomic E-state index is 13.6. The predicted octanol–water partition coefficient (Wildman–Crippen LogP) is 9.21. The number of ether oxygens (including phenoxy) is 1. The van der Waals surface area contributed by atoms with Crippen LogP contribution < -0.4 is 10.4 Å². The molecule has 0 saturated carbocycles. The summed E-state index contributed by atoms with van der Waals surface area (Å²) in [5.74, 6) is 57.3. The van der Waals surface area contributed by atoms with Gasteiger partial charge in [0.05, 0.1) is 22.7 Å². The number of hydrogen-bond donors (Lipinski definition) is 3. The van der Waals surface area contributed by atoms with Crippen molar-refractivity contribution in [2.75, 3.05) is 12.9 Å². The van der Waals surface area contributed by atoms with Crippen LogP contribution in [0.1, 0.15) is 90.4 Å². The van der Waals surface area contributed by atoms with E-state index in [-0.39, 0.29) is 42.7 Å². The summed E-state index contributed by atoms with van der Waals surface area (Å²) in [7, 11) is -2.32. The number of thiol groups is 1. The molecule has 0 atom stereocenters. The maximum Gasteiger partial charge on any atom is 0.269 e. The molecule has 0 amide bonds. The standard InChI is InChI=1S/C25H33NO6S.C25H4.H3NO6S.14H2/c1-4-6-14-25(18-27,15-7-5-2)19-33(30,31)24-13-10-22(26(28)29)17-21(24)16-20-8-11-23(32-3)12-9-20;1-3-5-7-9-11-13-15-17-19-21-23-25-24-22-20-18-16-14-12-10-8-6-4-2;2-5-3-1-4-6-7-8;;;;;;;;;;;;;;/h8-13,17-18H,4-7,14-16,19H2,1-3H3;1H,2H3;1-2,8H;14*1H. The molecule has 0 aliphatic rings. The topological polar surface area (TPSA) is 182 Å². The molecule has 2 aromatic carbocycles. The van der Waals surface area contributed by atoms with Crippen molar-refractivity contribution in [2.45, 2.75) is 70.6 Å². The summed E-state index contributed by atoms with van der Waals surface area (Å²) in [4.78, 5) is 30.2. The molecule has 2 rings (SSSR count). The van der Waals surface area contributed by atoms with Gasteiger partial charge in [-0.25, -0.2) is 13.7 Å². The van der Waals surface area contributed by atoms with Crippen molar-refractivity contribution >= 4 is 34.7 Å². The molecule has 66 heavy (non-hydrogen) atoms. The number of terminal acetylenes is 1. The smallest absolute Gasteiger partial charge is 0.269 e. The highest BCUT2D eigenvalue weighted by atomic mass is 32.2. The van der Waals surface area contributed by atoms with Gasteiger partial charge >= 0.3 is 0 Å². The number of carbonyl (C=O) groups excluding carboxylic acids is 1. The number of aldehydes is 1. The largest absolute Gasteiger partial charge is 0.497 e. The second-order valence-electron chi connectivity index (χ2n) is 12.0. The number of unbranched alkanes of at least 4 members (excludes halogenated alkanes) is 2. The lowest BCUT2D eigenvalue weighted by molar-refractivity contribution is -0.608. The van der Waals surface area contributed by atoms with E-state index in [9.17, 15) is 23.3 Å². The van der Waals surface area contributed by atoms with E-state index < -0.39 is 20.2 Å². The van der Waals surface area contributed by atoms with Crippen LogP contribution >= 0.6 is 12.9 Å². The number of nitrogens with one attached hydrogen (secondary N) is 1. The second kappa shape index (κ2) is 38.7. The zero-order valence-electron chi connectivity index (χ0n) is 36.1. The molecule has 0 heterocycles. The van der Waals surface area contributed by atoms with E-state index in [4.69, 9.17) is 16.4 Å². The summed E-state index contributed by atoms with van der Waals surface area (Å²) in [6.07, 6.45) is 10.2. The van der Waals surface area contributed by atoms with Crippen LogP contribution in [-0.2, 0) is 45.4 Å². The second-order valence-corrected chi connectivity index (χ2v) is 14.1. The summed E-state index contributed by atoms with van der Waals surface area (Å²) in [5.41, 5.74) is 1.49. The number of nitro benzene ring substituents is 1. The van der Waals surface area contributed by atoms with Gasteiger partial charge in [0.2, 0.25) is 0 Å². The molecule has 362 valence electrons. The predicted molar refractivity (Wildman–Crippen MR) is 278 cm³/mol. The molecule has 0 spiro atoms. The Bertz CT molecular complexity index is 2850. The Morgan fingerprint density at radius 2 is 1.26 bits per heavy atom. The Balaban J connectivity index is -0.0000000628. The summed E-state index contributed by atoms with van der Waals surface area (Å²) < 4.78 is 35.9. The number of rotatable bonds is 19. The van der Waals surface area contributed by atoms with Crippen molar-refractivity contribution in [1.82, 2.24) is 5.64 Å². The van der Waals surface area contributed by atoms with Crippen LogP contribution in [0, 0.1) is 158 Å². The lowest BCUT2D eigenvalue weighted by Crippen LogP contribution is -2.32. The van der Waals surface area contributed by atoms with E-state index >= 15 is 0 Å². The van der Waals surface area contributed by atoms with Crippen molar-refractivity contribution in [3.05, 3.63) is 63.7 Å². The minimum absolute atomic E-state index is 0. The lowest BCUT2D eigenvalue weighted by Gasteiger charge is -2.28. The Morgan fingerprint density at radius 1 is 0.788 bits per heavy atom. The van der Waals surface area contributed by atoms with E-state index in [0.29, 0.717) is 24.2 Å². The van der Waals surface area contributed by atoms with Gasteiger partial charge in [-0.1, -0.05) is 67.6 Å². The molecular formula is C50H68N2O12S2. The molecule has 16 heteroatoms. The normalized spacial score (nSPS) is 8.56. The number of carbonyl (C=O) groups is 1. The number of hydrogen-bond acceptors (Lipinski definition) is 14. The van der Waals surface area contributed by atoms with Crippen LogP contribution in [0.15, 0.2) is 47.4 Å². The quantitative estimate of drug-likeness (QED) is 0.0177. The van der Waals surface area contributed by atoms with E-state index in [1.807, 2.05) is 13.8 Å². The highest BCUT2D eigenvalue weighted by molar-refractivity contribution is 7.91. The number of benzene rings is 2. The van der Waals surface area contributed by atoms with Gasteiger partial charge in [-0.3, -0.25) is 10.1 Å². The molecule has 0 aliphatic heterocycles. The van der Waals surface area contributed by atoms with Gasteiger partial charge in [-0.15, -0.1) is 10.8 Å². The molecule has 0 saturated heterocycles. The fourth-order valence-electron chi connectivity index (χ4n) is 4.77. The Hall–Kier alpha value is -7.95. The number of sulfone groups is 1. The summed E-state index contributed by atoms with van der Waals surface area (Å²) in [5, 5.41) is 25.3. The van der Waals surface area contributed by atoms with Gasteiger partial charge in [0.1, 0.15) is 12.0 Å². The monoisotopic (exact) mass is 952 g/mol. The van der Waals surface area contributed by atoms with Crippen LogP contribution in [0.4, 0.5) is 5.69 Å². The number of methoxy groups -OCH3 is 1. The highest BCUT2D eigenvalue weighted by Gasteiger charge is 2.36.